The van der Waals surface area contributed by atoms with E-state index >= 15 is 0 Å². The zero-order chi connectivity index (χ0) is 9.97. The fraction of sp³-hybridized carbons (Fsp3) is 0.500. The lowest BCUT2D eigenvalue weighted by Crippen LogP contribution is -1.93. The van der Waals surface area contributed by atoms with Crippen molar-refractivity contribution in [2.24, 2.45) is 0 Å². The van der Waals surface area contributed by atoms with E-state index in [1.807, 2.05) is 0 Å². The van der Waals surface area contributed by atoms with Crippen LogP contribution in [-0.2, 0) is 12.8 Å². The first-order valence-electron chi connectivity index (χ1n) is 5.04. The van der Waals surface area contributed by atoms with Crippen LogP contribution < -0.4 is 0 Å². The van der Waals surface area contributed by atoms with Gasteiger partial charge in [-0.15, -0.1) is 23.7 Å². The second-order valence-corrected chi connectivity index (χ2v) is 4.88. The fourth-order valence-corrected chi connectivity index (χ4v) is 3.16. The van der Waals surface area contributed by atoms with Crippen LogP contribution in [0, 0.1) is 12.3 Å². The molecule has 2 heteroatoms. The minimum atomic E-state index is -0.346. The molecule has 1 aromatic heterocycles. The van der Waals surface area contributed by atoms with Crippen LogP contribution in [0.3, 0.4) is 0 Å². The van der Waals surface area contributed by atoms with E-state index < -0.39 is 0 Å². The zero-order valence-corrected chi connectivity index (χ0v) is 8.94. The third-order valence-corrected chi connectivity index (χ3v) is 3.99. The van der Waals surface area contributed by atoms with Crippen molar-refractivity contribution < 1.29 is 5.11 Å². The van der Waals surface area contributed by atoms with E-state index in [4.69, 9.17) is 6.42 Å². The number of thiophene rings is 1. The van der Waals surface area contributed by atoms with Crippen molar-refractivity contribution >= 4 is 11.3 Å². The summed E-state index contributed by atoms with van der Waals surface area (Å²) in [5.74, 6) is 2.56. The van der Waals surface area contributed by atoms with Gasteiger partial charge in [0.2, 0.25) is 0 Å². The maximum absolute atomic E-state index is 9.82. The molecule has 0 saturated carbocycles. The molecule has 1 N–H and O–H groups in total. The number of aliphatic hydroxyl groups is 1. The zero-order valence-electron chi connectivity index (χ0n) is 8.12. The number of hydrogen-bond donors (Lipinski definition) is 1. The number of aryl methyl sites for hydroxylation is 2. The summed E-state index contributed by atoms with van der Waals surface area (Å²) in [6.45, 7) is 0. The number of aliphatic hydroxyl groups excluding tert-OH is 1. The maximum atomic E-state index is 9.82. The van der Waals surface area contributed by atoms with E-state index in [1.54, 1.807) is 11.3 Å². The molecule has 0 saturated heterocycles. The van der Waals surface area contributed by atoms with E-state index in [0.717, 1.165) is 4.88 Å². The standard InChI is InChI=1S/C12H14OS/c1-2-3-6-10(13)12-8-9-5-4-7-11(9)14-12/h1,8,10,13H,3-7H2. The molecule has 0 aliphatic heterocycles. The molecule has 1 aliphatic carbocycles. The first-order chi connectivity index (χ1) is 6.81. The van der Waals surface area contributed by atoms with Crippen LogP contribution in [0.2, 0.25) is 0 Å². The number of terminal acetylenes is 1. The average Bonchev–Trinajstić information content (AvgIpc) is 2.72. The molecular weight excluding hydrogens is 192 g/mol. The van der Waals surface area contributed by atoms with Gasteiger partial charge >= 0.3 is 0 Å². The summed E-state index contributed by atoms with van der Waals surface area (Å²) in [6.07, 6.45) is 9.83. The van der Waals surface area contributed by atoms with E-state index in [9.17, 15) is 5.11 Å². The van der Waals surface area contributed by atoms with Crippen LogP contribution in [-0.4, -0.2) is 5.11 Å². The van der Waals surface area contributed by atoms with Crippen molar-refractivity contribution in [2.75, 3.05) is 0 Å². The Bertz CT molecular complexity index is 337. The summed E-state index contributed by atoms with van der Waals surface area (Å²) in [5, 5.41) is 9.82. The number of rotatable bonds is 3. The third-order valence-electron chi connectivity index (χ3n) is 2.66. The predicted molar refractivity (Wildman–Crippen MR) is 59.4 cm³/mol. The van der Waals surface area contributed by atoms with Gasteiger partial charge in [0, 0.05) is 16.2 Å². The first kappa shape index (κ1) is 9.76. The molecule has 1 aromatic rings. The quantitative estimate of drug-likeness (QED) is 0.754. The Kier molecular flexibility index (Phi) is 2.90. The molecule has 1 unspecified atom stereocenters. The van der Waals surface area contributed by atoms with Crippen molar-refractivity contribution in [1.29, 1.82) is 0 Å². The molecule has 1 aliphatic rings. The molecule has 74 valence electrons. The highest BCUT2D eigenvalue weighted by molar-refractivity contribution is 7.12. The van der Waals surface area contributed by atoms with Crippen molar-refractivity contribution in [3.8, 4) is 12.3 Å². The minimum absolute atomic E-state index is 0.346. The summed E-state index contributed by atoms with van der Waals surface area (Å²) < 4.78 is 0. The lowest BCUT2D eigenvalue weighted by atomic mass is 10.1. The smallest absolute Gasteiger partial charge is 0.0891 e. The number of hydrogen-bond acceptors (Lipinski definition) is 2. The maximum Gasteiger partial charge on any atom is 0.0891 e. The molecule has 0 radical (unpaired) electrons. The Morgan fingerprint density at radius 2 is 2.43 bits per heavy atom. The monoisotopic (exact) mass is 206 g/mol. The lowest BCUT2D eigenvalue weighted by Gasteiger charge is -2.05. The second kappa shape index (κ2) is 4.16. The molecule has 1 heterocycles. The molecule has 0 fully saturated rings. The van der Waals surface area contributed by atoms with Gasteiger partial charge in [0.25, 0.3) is 0 Å². The van der Waals surface area contributed by atoms with Crippen LogP contribution in [0.1, 0.15) is 40.7 Å². The Morgan fingerprint density at radius 1 is 1.57 bits per heavy atom. The Morgan fingerprint density at radius 3 is 3.14 bits per heavy atom. The first-order valence-corrected chi connectivity index (χ1v) is 5.86. The van der Waals surface area contributed by atoms with Gasteiger partial charge in [-0.25, -0.2) is 0 Å². The van der Waals surface area contributed by atoms with Gasteiger partial charge in [-0.1, -0.05) is 0 Å². The normalized spacial score (nSPS) is 16.3. The van der Waals surface area contributed by atoms with Crippen molar-refractivity contribution in [3.05, 3.63) is 21.4 Å². The second-order valence-electron chi connectivity index (χ2n) is 3.71. The van der Waals surface area contributed by atoms with Crippen LogP contribution in [0.15, 0.2) is 6.07 Å². The van der Waals surface area contributed by atoms with Gasteiger partial charge in [-0.3, -0.25) is 0 Å². The summed E-state index contributed by atoms with van der Waals surface area (Å²) in [7, 11) is 0. The average molecular weight is 206 g/mol. The predicted octanol–water partition coefficient (Wildman–Crippen LogP) is 2.68. The molecule has 1 atom stereocenters. The highest BCUT2D eigenvalue weighted by atomic mass is 32.1. The Labute approximate surface area is 88.8 Å². The van der Waals surface area contributed by atoms with E-state index in [2.05, 4.69) is 12.0 Å². The Balaban J connectivity index is 2.06. The van der Waals surface area contributed by atoms with Gasteiger partial charge in [0.05, 0.1) is 6.10 Å². The molecule has 0 spiro atoms. The van der Waals surface area contributed by atoms with Crippen LogP contribution in [0.4, 0.5) is 0 Å². The van der Waals surface area contributed by atoms with Crippen molar-refractivity contribution in [2.45, 2.75) is 38.2 Å². The van der Waals surface area contributed by atoms with E-state index in [-0.39, 0.29) is 6.10 Å². The lowest BCUT2D eigenvalue weighted by molar-refractivity contribution is 0.173. The molecular formula is C12H14OS. The highest BCUT2D eigenvalue weighted by Crippen LogP contribution is 2.34. The van der Waals surface area contributed by atoms with Crippen LogP contribution in [0.25, 0.3) is 0 Å². The molecule has 0 bridgehead atoms. The molecule has 2 rings (SSSR count). The fourth-order valence-electron chi connectivity index (χ4n) is 1.88. The van der Waals surface area contributed by atoms with Gasteiger partial charge in [-0.2, -0.15) is 0 Å². The van der Waals surface area contributed by atoms with Gasteiger partial charge < -0.3 is 5.11 Å². The number of fused-ring (bicyclic) bond motifs is 1. The summed E-state index contributed by atoms with van der Waals surface area (Å²) >= 11 is 1.76. The minimum Gasteiger partial charge on any atom is -0.388 e. The summed E-state index contributed by atoms with van der Waals surface area (Å²) in [4.78, 5) is 2.57. The molecule has 0 amide bonds. The van der Waals surface area contributed by atoms with E-state index in [1.165, 1.54) is 29.7 Å². The Hall–Kier alpha value is -0.780. The van der Waals surface area contributed by atoms with Gasteiger partial charge in [0.1, 0.15) is 0 Å². The molecule has 14 heavy (non-hydrogen) atoms. The van der Waals surface area contributed by atoms with Crippen LogP contribution >= 0.6 is 11.3 Å². The summed E-state index contributed by atoms with van der Waals surface area (Å²) in [5.41, 5.74) is 1.45. The highest BCUT2D eigenvalue weighted by Gasteiger charge is 2.18. The molecule has 1 nitrogen and oxygen atoms in total. The largest absolute Gasteiger partial charge is 0.388 e. The molecule has 0 aromatic carbocycles. The van der Waals surface area contributed by atoms with Gasteiger partial charge in [-0.05, 0) is 37.3 Å². The SMILES string of the molecule is C#CCCC(O)c1cc2c(s1)CCC2. The topological polar surface area (TPSA) is 20.2 Å². The summed E-state index contributed by atoms with van der Waals surface area (Å²) in [6, 6.07) is 2.16. The van der Waals surface area contributed by atoms with Crippen molar-refractivity contribution in [3.63, 3.8) is 0 Å². The van der Waals surface area contributed by atoms with E-state index in [0.29, 0.717) is 12.8 Å². The van der Waals surface area contributed by atoms with Gasteiger partial charge in [0.15, 0.2) is 0 Å². The van der Waals surface area contributed by atoms with Crippen LogP contribution in [0.5, 0.6) is 0 Å². The third kappa shape index (κ3) is 1.84. The van der Waals surface area contributed by atoms with Crippen molar-refractivity contribution in [1.82, 2.24) is 0 Å².